The number of nitrogens with zero attached hydrogens (tertiary/aromatic N) is 2. The zero-order chi connectivity index (χ0) is 14.1. The summed E-state index contributed by atoms with van der Waals surface area (Å²) in [7, 11) is 0. The van der Waals surface area contributed by atoms with Crippen LogP contribution in [0.3, 0.4) is 0 Å². The van der Waals surface area contributed by atoms with Gasteiger partial charge in [0.1, 0.15) is 5.82 Å². The topological polar surface area (TPSA) is 33.2 Å². The molecule has 1 aliphatic rings. The first kappa shape index (κ1) is 13.2. The first-order valence-corrected chi connectivity index (χ1v) is 7.16. The lowest BCUT2D eigenvalue weighted by molar-refractivity contribution is 0.0984. The van der Waals surface area contributed by atoms with Crippen molar-refractivity contribution in [1.29, 1.82) is 0 Å². The summed E-state index contributed by atoms with van der Waals surface area (Å²) >= 11 is 3.29. The van der Waals surface area contributed by atoms with Crippen LogP contribution in [-0.2, 0) is 6.42 Å². The van der Waals surface area contributed by atoms with Crippen molar-refractivity contribution in [1.82, 2.24) is 4.98 Å². The zero-order valence-electron chi connectivity index (χ0n) is 10.6. The number of carbonyl (C=O) groups is 1. The normalized spacial score (nSPS) is 14.0. The Labute approximate surface area is 124 Å². The number of fused-ring (bicyclic) bond motifs is 1. The van der Waals surface area contributed by atoms with Gasteiger partial charge in [-0.05, 0) is 42.7 Å². The predicted octanol–water partition coefficient (Wildman–Crippen LogP) is 3.58. The Bertz CT molecular complexity index is 660. The molecule has 2 heterocycles. The van der Waals surface area contributed by atoms with Crippen LogP contribution in [0.4, 0.5) is 10.1 Å². The maximum atomic E-state index is 14.2. The third-order valence-corrected chi connectivity index (χ3v) is 3.84. The Morgan fingerprint density at radius 1 is 1.30 bits per heavy atom. The monoisotopic (exact) mass is 334 g/mol. The van der Waals surface area contributed by atoms with E-state index in [0.717, 1.165) is 18.4 Å². The van der Waals surface area contributed by atoms with Crippen LogP contribution in [0, 0.1) is 5.82 Å². The molecule has 0 N–H and O–H groups in total. The molecule has 0 atom stereocenters. The minimum absolute atomic E-state index is 0.186. The van der Waals surface area contributed by atoms with Crippen LogP contribution < -0.4 is 4.90 Å². The third kappa shape index (κ3) is 2.33. The van der Waals surface area contributed by atoms with Crippen LogP contribution in [0.5, 0.6) is 0 Å². The Hall–Kier alpha value is -1.75. The standard InChI is InChI=1S/C15H12BrFN2O/c16-12-8-11-2-1-7-19(14(11)13(17)9-12)15(20)10-3-5-18-6-4-10/h3-6,8-9H,1-2,7H2. The summed E-state index contributed by atoms with van der Waals surface area (Å²) in [6.07, 6.45) is 4.75. The lowest BCUT2D eigenvalue weighted by Gasteiger charge is -2.30. The number of aryl methyl sites for hydroxylation is 1. The van der Waals surface area contributed by atoms with Crippen LogP contribution in [-0.4, -0.2) is 17.4 Å². The number of rotatable bonds is 1. The molecule has 1 aromatic carbocycles. The SMILES string of the molecule is O=C(c1ccncc1)N1CCCc2cc(Br)cc(F)c21. The van der Waals surface area contributed by atoms with Gasteiger partial charge in [0, 0.05) is 29.0 Å². The van der Waals surface area contributed by atoms with Crippen molar-refractivity contribution in [2.45, 2.75) is 12.8 Å². The number of hydrogen-bond acceptors (Lipinski definition) is 2. The maximum absolute atomic E-state index is 14.2. The molecule has 0 saturated carbocycles. The summed E-state index contributed by atoms with van der Waals surface area (Å²) in [5.41, 5.74) is 1.79. The van der Waals surface area contributed by atoms with E-state index in [1.54, 1.807) is 24.5 Å². The molecule has 3 nitrogen and oxygen atoms in total. The Morgan fingerprint density at radius 2 is 2.05 bits per heavy atom. The van der Waals surface area contributed by atoms with Crippen molar-refractivity contribution in [3.05, 3.63) is 58.1 Å². The molecule has 102 valence electrons. The molecular formula is C15H12BrFN2O. The molecular weight excluding hydrogens is 323 g/mol. The Balaban J connectivity index is 2.04. The van der Waals surface area contributed by atoms with E-state index in [1.807, 2.05) is 6.07 Å². The maximum Gasteiger partial charge on any atom is 0.258 e. The van der Waals surface area contributed by atoms with Gasteiger partial charge in [-0.3, -0.25) is 9.78 Å². The van der Waals surface area contributed by atoms with Crippen molar-refractivity contribution in [3.8, 4) is 0 Å². The van der Waals surface area contributed by atoms with Crippen molar-refractivity contribution in [3.63, 3.8) is 0 Å². The highest BCUT2D eigenvalue weighted by Crippen LogP contribution is 2.33. The molecule has 0 radical (unpaired) electrons. The fraction of sp³-hybridized carbons (Fsp3) is 0.200. The first-order chi connectivity index (χ1) is 9.66. The van der Waals surface area contributed by atoms with Gasteiger partial charge in [0.2, 0.25) is 0 Å². The number of amides is 1. The van der Waals surface area contributed by atoms with Gasteiger partial charge < -0.3 is 4.90 Å². The summed E-state index contributed by atoms with van der Waals surface area (Å²) in [6, 6.07) is 6.57. The van der Waals surface area contributed by atoms with E-state index in [0.29, 0.717) is 22.3 Å². The van der Waals surface area contributed by atoms with Gasteiger partial charge in [-0.25, -0.2) is 4.39 Å². The molecule has 1 amide bonds. The number of carbonyl (C=O) groups excluding carboxylic acids is 1. The summed E-state index contributed by atoms with van der Waals surface area (Å²) in [6.45, 7) is 0.534. The van der Waals surface area contributed by atoms with Crippen molar-refractivity contribution in [2.24, 2.45) is 0 Å². The summed E-state index contributed by atoms with van der Waals surface area (Å²) in [4.78, 5) is 17.9. The van der Waals surface area contributed by atoms with Crippen molar-refractivity contribution >= 4 is 27.5 Å². The molecule has 0 spiro atoms. The summed E-state index contributed by atoms with van der Waals surface area (Å²) in [5.74, 6) is -0.550. The van der Waals surface area contributed by atoms with E-state index >= 15 is 0 Å². The van der Waals surface area contributed by atoms with E-state index in [-0.39, 0.29) is 11.7 Å². The Morgan fingerprint density at radius 3 is 2.80 bits per heavy atom. The largest absolute Gasteiger partial charge is 0.305 e. The van der Waals surface area contributed by atoms with E-state index < -0.39 is 0 Å². The Kier molecular flexibility index (Phi) is 3.53. The molecule has 2 aromatic rings. The second-order valence-corrected chi connectivity index (χ2v) is 5.61. The molecule has 0 aliphatic carbocycles. The van der Waals surface area contributed by atoms with E-state index in [1.165, 1.54) is 11.0 Å². The minimum Gasteiger partial charge on any atom is -0.305 e. The van der Waals surface area contributed by atoms with Gasteiger partial charge in [-0.15, -0.1) is 0 Å². The first-order valence-electron chi connectivity index (χ1n) is 6.36. The summed E-state index contributed by atoms with van der Waals surface area (Å²) in [5, 5.41) is 0. The second kappa shape index (κ2) is 5.32. The number of pyridine rings is 1. The minimum atomic E-state index is -0.364. The van der Waals surface area contributed by atoms with Gasteiger partial charge in [-0.2, -0.15) is 0 Å². The molecule has 20 heavy (non-hydrogen) atoms. The lowest BCUT2D eigenvalue weighted by Crippen LogP contribution is -2.36. The van der Waals surface area contributed by atoms with Gasteiger partial charge in [0.05, 0.1) is 5.69 Å². The molecule has 5 heteroatoms. The highest BCUT2D eigenvalue weighted by atomic mass is 79.9. The van der Waals surface area contributed by atoms with Gasteiger partial charge in [-0.1, -0.05) is 15.9 Å². The van der Waals surface area contributed by atoms with Gasteiger partial charge >= 0.3 is 0 Å². The highest BCUT2D eigenvalue weighted by molar-refractivity contribution is 9.10. The number of anilines is 1. The average Bonchev–Trinajstić information content (AvgIpc) is 2.46. The average molecular weight is 335 g/mol. The molecule has 0 fully saturated rings. The molecule has 0 saturated heterocycles. The molecule has 3 rings (SSSR count). The number of halogens is 2. The van der Waals surface area contributed by atoms with Gasteiger partial charge in [0.25, 0.3) is 5.91 Å². The highest BCUT2D eigenvalue weighted by Gasteiger charge is 2.26. The predicted molar refractivity (Wildman–Crippen MR) is 78.3 cm³/mol. The van der Waals surface area contributed by atoms with Crippen molar-refractivity contribution < 1.29 is 9.18 Å². The van der Waals surface area contributed by atoms with Crippen LogP contribution in [0.1, 0.15) is 22.3 Å². The lowest BCUT2D eigenvalue weighted by atomic mass is 10.0. The number of benzene rings is 1. The van der Waals surface area contributed by atoms with Crippen LogP contribution >= 0.6 is 15.9 Å². The van der Waals surface area contributed by atoms with E-state index in [2.05, 4.69) is 20.9 Å². The van der Waals surface area contributed by atoms with E-state index in [4.69, 9.17) is 0 Å². The molecule has 1 aliphatic heterocycles. The molecule has 0 unspecified atom stereocenters. The van der Waals surface area contributed by atoms with Gasteiger partial charge in [0.15, 0.2) is 0 Å². The third-order valence-electron chi connectivity index (χ3n) is 3.38. The molecule has 0 bridgehead atoms. The molecule has 1 aromatic heterocycles. The smallest absolute Gasteiger partial charge is 0.258 e. The quantitative estimate of drug-likeness (QED) is 0.798. The van der Waals surface area contributed by atoms with E-state index in [9.17, 15) is 9.18 Å². The number of aromatic nitrogens is 1. The van der Waals surface area contributed by atoms with Crippen molar-refractivity contribution in [2.75, 3.05) is 11.4 Å². The fourth-order valence-corrected chi connectivity index (χ4v) is 2.98. The second-order valence-electron chi connectivity index (χ2n) is 4.69. The summed E-state index contributed by atoms with van der Waals surface area (Å²) < 4.78 is 14.9. The zero-order valence-corrected chi connectivity index (χ0v) is 12.2. The van der Waals surface area contributed by atoms with Crippen LogP contribution in [0.15, 0.2) is 41.1 Å². The van der Waals surface area contributed by atoms with Crippen LogP contribution in [0.2, 0.25) is 0 Å². The number of hydrogen-bond donors (Lipinski definition) is 0. The van der Waals surface area contributed by atoms with Crippen LogP contribution in [0.25, 0.3) is 0 Å². The fourth-order valence-electron chi connectivity index (χ4n) is 2.50.